The molecule has 7 heteroatoms. The van der Waals surface area contributed by atoms with E-state index in [0.29, 0.717) is 12.1 Å². The Kier molecular flexibility index (Phi) is 4.89. The molecule has 4 aromatic rings. The van der Waals surface area contributed by atoms with Gasteiger partial charge >= 0.3 is 6.18 Å². The maximum absolute atomic E-state index is 13.2. The highest BCUT2D eigenvalue weighted by Crippen LogP contribution is 2.35. The minimum atomic E-state index is -4.41. The molecule has 0 bridgehead atoms. The van der Waals surface area contributed by atoms with Gasteiger partial charge in [-0.05, 0) is 42.0 Å². The van der Waals surface area contributed by atoms with Crippen molar-refractivity contribution in [2.45, 2.75) is 18.7 Å². The Morgan fingerprint density at radius 1 is 1.00 bits per heavy atom. The van der Waals surface area contributed by atoms with Gasteiger partial charge in [0.1, 0.15) is 5.75 Å². The number of benzene rings is 3. The van der Waals surface area contributed by atoms with E-state index in [4.69, 9.17) is 9.57 Å². The fourth-order valence-electron chi connectivity index (χ4n) is 3.99. The van der Waals surface area contributed by atoms with Crippen LogP contribution in [-0.4, -0.2) is 17.4 Å². The summed E-state index contributed by atoms with van der Waals surface area (Å²) >= 11 is 0. The van der Waals surface area contributed by atoms with Crippen molar-refractivity contribution in [1.29, 1.82) is 0 Å². The first-order valence-electron chi connectivity index (χ1n) is 10.1. The molecular formula is C25H19F3N2O2. The maximum Gasteiger partial charge on any atom is 0.416 e. The highest BCUT2D eigenvalue weighted by Gasteiger charge is 2.31. The average molecular weight is 436 g/mol. The van der Waals surface area contributed by atoms with E-state index in [0.717, 1.165) is 45.6 Å². The second-order valence-electron chi connectivity index (χ2n) is 7.59. The summed E-state index contributed by atoms with van der Waals surface area (Å²) in [5, 5.41) is 5.22. The monoisotopic (exact) mass is 436 g/mol. The largest absolute Gasteiger partial charge is 0.497 e. The van der Waals surface area contributed by atoms with Gasteiger partial charge in [-0.3, -0.25) is 0 Å². The van der Waals surface area contributed by atoms with E-state index in [1.807, 2.05) is 54.7 Å². The number of oxime groups is 1. The number of rotatable bonds is 4. The second-order valence-corrected chi connectivity index (χ2v) is 7.59. The molecule has 0 N–H and O–H groups in total. The number of aromatic nitrogens is 1. The van der Waals surface area contributed by atoms with E-state index in [1.165, 1.54) is 6.07 Å². The number of ether oxygens (including phenoxy) is 1. The lowest BCUT2D eigenvalue weighted by Gasteiger charge is -2.10. The SMILES string of the molecule is COc1ccc(C2CC(c3cn(-c4cccc(C(F)(F)F)c4)c4ccccc34)=NO2)cc1. The van der Waals surface area contributed by atoms with Crippen molar-refractivity contribution in [3.05, 3.63) is 95.7 Å². The van der Waals surface area contributed by atoms with Crippen LogP contribution in [0.4, 0.5) is 13.2 Å². The number of halogens is 3. The molecule has 3 aromatic carbocycles. The number of nitrogens with zero attached hydrogens (tertiary/aromatic N) is 2. The second kappa shape index (κ2) is 7.75. The standard InChI is InChI=1S/C25H19F3N2O2/c1-31-19-11-9-16(10-12-19)24-14-22(29-32-24)21-15-30(23-8-3-2-7-20(21)23)18-6-4-5-17(13-18)25(26,27)28/h2-13,15,24H,14H2,1H3. The van der Waals surface area contributed by atoms with E-state index in [2.05, 4.69) is 5.16 Å². The van der Waals surface area contributed by atoms with Crippen molar-refractivity contribution in [3.63, 3.8) is 0 Å². The molecule has 1 aliphatic rings. The van der Waals surface area contributed by atoms with Crippen LogP contribution in [0.5, 0.6) is 5.75 Å². The van der Waals surface area contributed by atoms with E-state index < -0.39 is 11.7 Å². The molecule has 1 unspecified atom stereocenters. The Morgan fingerprint density at radius 3 is 2.53 bits per heavy atom. The molecule has 0 radical (unpaired) electrons. The maximum atomic E-state index is 13.2. The molecule has 1 atom stereocenters. The number of fused-ring (bicyclic) bond motifs is 1. The Balaban J connectivity index is 1.51. The van der Waals surface area contributed by atoms with Gasteiger partial charge in [0.2, 0.25) is 0 Å². The summed E-state index contributed by atoms with van der Waals surface area (Å²) in [6.45, 7) is 0. The molecule has 0 aliphatic carbocycles. The minimum Gasteiger partial charge on any atom is -0.497 e. The number of alkyl halides is 3. The smallest absolute Gasteiger partial charge is 0.416 e. The molecule has 0 saturated heterocycles. The van der Waals surface area contributed by atoms with E-state index >= 15 is 0 Å². The molecule has 2 heterocycles. The predicted molar refractivity (Wildman–Crippen MR) is 116 cm³/mol. The van der Waals surface area contributed by atoms with Crippen molar-refractivity contribution in [2.24, 2.45) is 5.16 Å². The van der Waals surface area contributed by atoms with Crippen LogP contribution in [0.15, 0.2) is 84.1 Å². The quantitative estimate of drug-likeness (QED) is 0.365. The highest BCUT2D eigenvalue weighted by molar-refractivity contribution is 6.11. The molecule has 0 saturated carbocycles. The van der Waals surface area contributed by atoms with E-state index in [1.54, 1.807) is 17.7 Å². The summed E-state index contributed by atoms with van der Waals surface area (Å²) in [6, 6.07) is 20.5. The summed E-state index contributed by atoms with van der Waals surface area (Å²) in [6.07, 6.45) is -2.25. The van der Waals surface area contributed by atoms with E-state index in [-0.39, 0.29) is 6.10 Å². The van der Waals surface area contributed by atoms with Gasteiger partial charge in [-0.15, -0.1) is 0 Å². The van der Waals surface area contributed by atoms with Gasteiger partial charge in [-0.25, -0.2) is 0 Å². The highest BCUT2D eigenvalue weighted by atomic mass is 19.4. The summed E-state index contributed by atoms with van der Waals surface area (Å²) in [5.74, 6) is 0.761. The van der Waals surface area contributed by atoms with Crippen LogP contribution in [0.25, 0.3) is 16.6 Å². The summed E-state index contributed by atoms with van der Waals surface area (Å²) in [5.41, 5.74) is 3.13. The number of methoxy groups -OCH3 is 1. The molecule has 5 rings (SSSR count). The van der Waals surface area contributed by atoms with Crippen molar-refractivity contribution in [3.8, 4) is 11.4 Å². The zero-order valence-corrected chi connectivity index (χ0v) is 17.1. The molecular weight excluding hydrogens is 417 g/mol. The van der Waals surface area contributed by atoms with Crippen LogP contribution in [0, 0.1) is 0 Å². The first-order valence-corrected chi connectivity index (χ1v) is 10.1. The van der Waals surface area contributed by atoms with Crippen LogP contribution in [0.3, 0.4) is 0 Å². The van der Waals surface area contributed by atoms with Gasteiger partial charge < -0.3 is 14.1 Å². The van der Waals surface area contributed by atoms with Gasteiger partial charge in [-0.2, -0.15) is 13.2 Å². The molecule has 32 heavy (non-hydrogen) atoms. The Hall–Kier alpha value is -3.74. The summed E-state index contributed by atoms with van der Waals surface area (Å²) in [4.78, 5) is 5.70. The Morgan fingerprint density at radius 2 is 1.78 bits per heavy atom. The molecule has 1 aromatic heterocycles. The Bertz CT molecular complexity index is 1310. The molecule has 162 valence electrons. The lowest BCUT2D eigenvalue weighted by molar-refractivity contribution is -0.137. The van der Waals surface area contributed by atoms with Gasteiger partial charge in [0.25, 0.3) is 0 Å². The lowest BCUT2D eigenvalue weighted by Crippen LogP contribution is -2.06. The van der Waals surface area contributed by atoms with Crippen LogP contribution < -0.4 is 4.74 Å². The first kappa shape index (κ1) is 20.2. The normalized spacial score (nSPS) is 16.1. The third-order valence-corrected chi connectivity index (χ3v) is 5.63. The van der Waals surface area contributed by atoms with Gasteiger partial charge in [-0.1, -0.05) is 41.6 Å². The van der Waals surface area contributed by atoms with Crippen LogP contribution >= 0.6 is 0 Å². The molecule has 0 amide bonds. The summed E-state index contributed by atoms with van der Waals surface area (Å²) < 4.78 is 46.7. The van der Waals surface area contributed by atoms with Gasteiger partial charge in [0.15, 0.2) is 6.10 Å². The lowest BCUT2D eigenvalue weighted by atomic mass is 10.00. The number of hydrogen-bond acceptors (Lipinski definition) is 3. The zero-order valence-electron chi connectivity index (χ0n) is 17.1. The fraction of sp³-hybridized carbons (Fsp3) is 0.160. The predicted octanol–water partition coefficient (Wildman–Crippen LogP) is 6.52. The fourth-order valence-corrected chi connectivity index (χ4v) is 3.99. The van der Waals surface area contributed by atoms with Crippen molar-refractivity contribution in [2.75, 3.05) is 7.11 Å². The van der Waals surface area contributed by atoms with Gasteiger partial charge in [0.05, 0.1) is 23.9 Å². The van der Waals surface area contributed by atoms with Crippen molar-refractivity contribution >= 4 is 16.6 Å². The van der Waals surface area contributed by atoms with Crippen LogP contribution in [0.1, 0.15) is 29.2 Å². The van der Waals surface area contributed by atoms with E-state index in [9.17, 15) is 13.2 Å². The van der Waals surface area contributed by atoms with Crippen molar-refractivity contribution in [1.82, 2.24) is 4.57 Å². The zero-order chi connectivity index (χ0) is 22.3. The third kappa shape index (κ3) is 3.60. The molecule has 0 spiro atoms. The topological polar surface area (TPSA) is 35.8 Å². The molecule has 1 aliphatic heterocycles. The van der Waals surface area contributed by atoms with Gasteiger partial charge in [0, 0.05) is 29.3 Å². The number of para-hydroxylation sites is 1. The summed E-state index contributed by atoms with van der Waals surface area (Å²) in [7, 11) is 1.61. The molecule has 0 fully saturated rings. The Labute approximate surface area is 182 Å². The average Bonchev–Trinajstić information content (AvgIpc) is 3.44. The number of hydrogen-bond donors (Lipinski definition) is 0. The third-order valence-electron chi connectivity index (χ3n) is 5.63. The van der Waals surface area contributed by atoms with Crippen LogP contribution in [-0.2, 0) is 11.0 Å². The minimum absolute atomic E-state index is 0.230. The molecule has 4 nitrogen and oxygen atoms in total. The van der Waals surface area contributed by atoms with Crippen LogP contribution in [0.2, 0.25) is 0 Å². The first-order chi connectivity index (χ1) is 15.4. The van der Waals surface area contributed by atoms with Crippen molar-refractivity contribution < 1.29 is 22.7 Å².